The molecule has 4 rings (SSSR count). The first-order valence-corrected chi connectivity index (χ1v) is 7.63. The van der Waals surface area contributed by atoms with Crippen LogP contribution in [-0.2, 0) is 0 Å². The van der Waals surface area contributed by atoms with Crippen LogP contribution >= 0.6 is 0 Å². The molecule has 0 fully saturated rings. The Morgan fingerprint density at radius 2 is 2.08 bits per heavy atom. The Labute approximate surface area is 146 Å². The first-order valence-electron chi connectivity index (χ1n) is 7.63. The number of benzene rings is 1. The second-order valence-electron chi connectivity index (χ2n) is 5.48. The first kappa shape index (κ1) is 15.6. The lowest BCUT2D eigenvalue weighted by Crippen LogP contribution is -2.07. The zero-order chi connectivity index (χ0) is 18.1. The van der Waals surface area contributed by atoms with Crippen LogP contribution in [0.4, 0.5) is 10.5 Å². The molecule has 26 heavy (non-hydrogen) atoms. The minimum atomic E-state index is -1.14. The Balaban J connectivity index is 1.81. The molecule has 0 atom stereocenters. The lowest BCUT2D eigenvalue weighted by molar-refractivity contribution is 0.103. The summed E-state index contributed by atoms with van der Waals surface area (Å²) in [4.78, 5) is 27.7. The predicted molar refractivity (Wildman–Crippen MR) is 92.2 cm³/mol. The van der Waals surface area contributed by atoms with E-state index in [1.165, 1.54) is 18.7 Å². The largest absolute Gasteiger partial charge is 0.472 e. The molecule has 3 aromatic heterocycles. The molecule has 1 amide bonds. The van der Waals surface area contributed by atoms with E-state index in [0.29, 0.717) is 28.2 Å². The normalized spacial score (nSPS) is 10.8. The summed E-state index contributed by atoms with van der Waals surface area (Å²) < 4.78 is 6.51. The van der Waals surface area contributed by atoms with Crippen molar-refractivity contribution in [3.63, 3.8) is 0 Å². The smallest absolute Gasteiger partial charge is 0.409 e. The Kier molecular flexibility index (Phi) is 3.70. The molecular formula is C18H12N4O4. The molecule has 8 heteroatoms. The maximum absolute atomic E-state index is 12.6. The van der Waals surface area contributed by atoms with Gasteiger partial charge in [-0.25, -0.2) is 14.3 Å². The van der Waals surface area contributed by atoms with Crippen molar-refractivity contribution in [3.05, 3.63) is 72.4 Å². The zero-order valence-corrected chi connectivity index (χ0v) is 13.3. The molecule has 8 nitrogen and oxygen atoms in total. The Morgan fingerprint density at radius 3 is 2.85 bits per heavy atom. The number of carbonyl (C=O) groups excluding carboxylic acids is 1. The van der Waals surface area contributed by atoms with E-state index in [2.05, 4.69) is 15.4 Å². The summed E-state index contributed by atoms with van der Waals surface area (Å²) in [7, 11) is 0. The van der Waals surface area contributed by atoms with E-state index >= 15 is 0 Å². The van der Waals surface area contributed by atoms with Crippen molar-refractivity contribution in [1.82, 2.24) is 14.6 Å². The van der Waals surface area contributed by atoms with Gasteiger partial charge in [0.15, 0.2) is 5.65 Å². The molecule has 0 bridgehead atoms. The predicted octanol–water partition coefficient (Wildman–Crippen LogP) is 3.31. The van der Waals surface area contributed by atoms with Gasteiger partial charge in [-0.05, 0) is 24.3 Å². The van der Waals surface area contributed by atoms with Gasteiger partial charge in [-0.2, -0.15) is 5.10 Å². The molecule has 0 aliphatic heterocycles. The number of furan rings is 1. The van der Waals surface area contributed by atoms with Gasteiger partial charge >= 0.3 is 6.09 Å². The highest BCUT2D eigenvalue weighted by Gasteiger charge is 2.18. The Hall–Kier alpha value is -3.94. The quantitative estimate of drug-likeness (QED) is 0.548. The van der Waals surface area contributed by atoms with Gasteiger partial charge in [0, 0.05) is 17.4 Å². The minimum Gasteiger partial charge on any atom is -0.472 e. The number of nitrogens with one attached hydrogen (secondary N) is 1. The minimum absolute atomic E-state index is 0.236. The van der Waals surface area contributed by atoms with Gasteiger partial charge in [-0.3, -0.25) is 10.1 Å². The average molecular weight is 348 g/mol. The van der Waals surface area contributed by atoms with Crippen LogP contribution in [0.25, 0.3) is 16.9 Å². The molecule has 0 saturated carbocycles. The number of carboxylic acid groups (broad SMARTS) is 1. The number of amides is 1. The van der Waals surface area contributed by atoms with Crippen LogP contribution in [0.1, 0.15) is 15.9 Å². The molecule has 4 aromatic rings. The topological polar surface area (TPSA) is 110 Å². The SMILES string of the molecule is O=C(O)Nc1cccc(-c2ccnc3c(C(=O)c4ccoc4)cnn23)c1. The molecular weight excluding hydrogens is 336 g/mol. The van der Waals surface area contributed by atoms with Gasteiger partial charge in [-0.1, -0.05) is 12.1 Å². The summed E-state index contributed by atoms with van der Waals surface area (Å²) in [5, 5.41) is 15.5. The number of fused-ring (bicyclic) bond motifs is 1. The Bertz CT molecular complexity index is 1120. The number of carbonyl (C=O) groups is 2. The van der Waals surface area contributed by atoms with Crippen LogP contribution in [0.2, 0.25) is 0 Å². The lowest BCUT2D eigenvalue weighted by Gasteiger charge is -2.07. The molecule has 0 saturated heterocycles. The molecule has 0 unspecified atom stereocenters. The van der Waals surface area contributed by atoms with E-state index in [0.717, 1.165) is 5.56 Å². The lowest BCUT2D eigenvalue weighted by atomic mass is 10.1. The maximum atomic E-state index is 12.6. The van der Waals surface area contributed by atoms with E-state index in [-0.39, 0.29) is 5.78 Å². The standard InChI is InChI=1S/C18H12N4O4/c23-16(12-5-7-26-10-12)14-9-20-22-15(4-6-19-17(14)22)11-2-1-3-13(8-11)21-18(24)25/h1-10,21H,(H,24,25). The molecule has 128 valence electrons. The van der Waals surface area contributed by atoms with Gasteiger partial charge in [0.05, 0.1) is 29.3 Å². The second-order valence-corrected chi connectivity index (χ2v) is 5.48. The van der Waals surface area contributed by atoms with Gasteiger partial charge in [0.2, 0.25) is 5.78 Å². The van der Waals surface area contributed by atoms with E-state index in [1.807, 2.05) is 6.07 Å². The van der Waals surface area contributed by atoms with E-state index in [9.17, 15) is 9.59 Å². The fourth-order valence-corrected chi connectivity index (χ4v) is 2.70. The highest BCUT2D eigenvalue weighted by atomic mass is 16.4. The van der Waals surface area contributed by atoms with Crippen molar-refractivity contribution in [2.75, 3.05) is 5.32 Å². The summed E-state index contributed by atoms with van der Waals surface area (Å²) in [5.41, 5.74) is 3.02. The number of aromatic nitrogens is 3. The van der Waals surface area contributed by atoms with Gasteiger partial charge < -0.3 is 9.52 Å². The summed E-state index contributed by atoms with van der Waals surface area (Å²) >= 11 is 0. The van der Waals surface area contributed by atoms with Crippen molar-refractivity contribution in [2.24, 2.45) is 0 Å². The van der Waals surface area contributed by atoms with Crippen molar-refractivity contribution >= 4 is 23.2 Å². The molecule has 0 aliphatic rings. The van der Waals surface area contributed by atoms with Crippen LogP contribution in [-0.4, -0.2) is 31.6 Å². The number of hydrogen-bond acceptors (Lipinski definition) is 5. The van der Waals surface area contributed by atoms with Gasteiger partial charge in [0.1, 0.15) is 6.26 Å². The van der Waals surface area contributed by atoms with Crippen LogP contribution in [0.5, 0.6) is 0 Å². The zero-order valence-electron chi connectivity index (χ0n) is 13.3. The van der Waals surface area contributed by atoms with Crippen molar-refractivity contribution < 1.29 is 19.1 Å². The van der Waals surface area contributed by atoms with Crippen LogP contribution in [0.3, 0.4) is 0 Å². The number of anilines is 1. The summed E-state index contributed by atoms with van der Waals surface area (Å²) in [5.74, 6) is -0.236. The monoisotopic (exact) mass is 348 g/mol. The van der Waals surface area contributed by atoms with Crippen LogP contribution in [0.15, 0.2) is 65.7 Å². The summed E-state index contributed by atoms with van der Waals surface area (Å²) in [6, 6.07) is 10.2. The van der Waals surface area contributed by atoms with Crippen LogP contribution in [0, 0.1) is 0 Å². The molecule has 1 aromatic carbocycles. The van der Waals surface area contributed by atoms with Crippen molar-refractivity contribution in [3.8, 4) is 11.3 Å². The maximum Gasteiger partial charge on any atom is 0.409 e. The van der Waals surface area contributed by atoms with E-state index < -0.39 is 6.09 Å². The third kappa shape index (κ3) is 2.69. The number of rotatable bonds is 4. The summed E-state index contributed by atoms with van der Waals surface area (Å²) in [6.45, 7) is 0. The fourth-order valence-electron chi connectivity index (χ4n) is 2.70. The average Bonchev–Trinajstić information content (AvgIpc) is 3.30. The number of hydrogen-bond donors (Lipinski definition) is 2. The number of ketones is 1. The molecule has 3 heterocycles. The third-order valence-electron chi connectivity index (χ3n) is 3.84. The number of nitrogens with zero attached hydrogens (tertiary/aromatic N) is 3. The van der Waals surface area contributed by atoms with Crippen molar-refractivity contribution in [2.45, 2.75) is 0 Å². The van der Waals surface area contributed by atoms with Gasteiger partial charge in [-0.15, -0.1) is 0 Å². The molecule has 0 spiro atoms. The first-order chi connectivity index (χ1) is 12.6. The second kappa shape index (κ2) is 6.17. The molecule has 0 radical (unpaired) electrons. The van der Waals surface area contributed by atoms with Crippen LogP contribution < -0.4 is 5.32 Å². The highest BCUT2D eigenvalue weighted by molar-refractivity contribution is 6.12. The fraction of sp³-hybridized carbons (Fsp3) is 0. The van der Waals surface area contributed by atoms with Gasteiger partial charge in [0.25, 0.3) is 0 Å². The summed E-state index contributed by atoms with van der Waals surface area (Å²) in [6.07, 6.45) is 4.69. The molecule has 2 N–H and O–H groups in total. The molecule has 0 aliphatic carbocycles. The van der Waals surface area contributed by atoms with E-state index in [1.54, 1.807) is 41.0 Å². The highest BCUT2D eigenvalue weighted by Crippen LogP contribution is 2.24. The third-order valence-corrected chi connectivity index (χ3v) is 3.84. The van der Waals surface area contributed by atoms with E-state index in [4.69, 9.17) is 9.52 Å². The Morgan fingerprint density at radius 1 is 1.19 bits per heavy atom. The van der Waals surface area contributed by atoms with Crippen molar-refractivity contribution in [1.29, 1.82) is 0 Å².